The maximum atomic E-state index is 4.37. The van der Waals surface area contributed by atoms with E-state index in [1.165, 1.54) is 5.56 Å². The Balaban J connectivity index is 2.49. The molecule has 0 spiro atoms. The van der Waals surface area contributed by atoms with E-state index in [0.717, 1.165) is 23.6 Å². The minimum Gasteiger partial charge on any atom is -0.221 e. The van der Waals surface area contributed by atoms with Crippen molar-refractivity contribution in [1.82, 2.24) is 14.6 Å². The first kappa shape index (κ1) is 8.56. The molecule has 3 nitrogen and oxygen atoms in total. The van der Waals surface area contributed by atoms with Gasteiger partial charge in [0, 0.05) is 12.6 Å². The van der Waals surface area contributed by atoms with Crippen molar-refractivity contribution in [2.24, 2.45) is 0 Å². The van der Waals surface area contributed by atoms with E-state index in [1.807, 2.05) is 25.3 Å². The molecule has 0 atom stereocenters. The number of aromatic nitrogens is 3. The second kappa shape index (κ2) is 3.38. The lowest BCUT2D eigenvalue weighted by Crippen LogP contribution is -1.90. The SMILES string of the molecule is Cc1ccn2nc(CCS)nc2c1. The van der Waals surface area contributed by atoms with Gasteiger partial charge in [-0.1, -0.05) is 0 Å². The van der Waals surface area contributed by atoms with Crippen LogP contribution in [0.5, 0.6) is 0 Å². The second-order valence-electron chi connectivity index (χ2n) is 3.01. The average Bonchev–Trinajstić information content (AvgIpc) is 2.46. The van der Waals surface area contributed by atoms with E-state index < -0.39 is 0 Å². The number of hydrogen-bond acceptors (Lipinski definition) is 3. The molecule has 0 unspecified atom stereocenters. The molecule has 4 heteroatoms. The van der Waals surface area contributed by atoms with Gasteiger partial charge in [0.25, 0.3) is 0 Å². The molecule has 0 aliphatic rings. The van der Waals surface area contributed by atoms with Crippen LogP contribution in [0.15, 0.2) is 18.3 Å². The van der Waals surface area contributed by atoms with E-state index in [1.54, 1.807) is 4.52 Å². The summed E-state index contributed by atoms with van der Waals surface area (Å²) in [6, 6.07) is 4.04. The molecule has 2 rings (SSSR count). The molecule has 0 aromatic carbocycles. The molecule has 0 saturated heterocycles. The van der Waals surface area contributed by atoms with Gasteiger partial charge in [-0.25, -0.2) is 9.50 Å². The Morgan fingerprint density at radius 1 is 1.54 bits per heavy atom. The van der Waals surface area contributed by atoms with Gasteiger partial charge in [0.1, 0.15) is 0 Å². The number of pyridine rings is 1. The zero-order valence-corrected chi connectivity index (χ0v) is 8.33. The zero-order chi connectivity index (χ0) is 9.26. The van der Waals surface area contributed by atoms with Crippen molar-refractivity contribution >= 4 is 18.3 Å². The van der Waals surface area contributed by atoms with Crippen molar-refractivity contribution in [3.63, 3.8) is 0 Å². The van der Waals surface area contributed by atoms with Crippen LogP contribution < -0.4 is 0 Å². The Morgan fingerprint density at radius 2 is 2.38 bits per heavy atom. The molecule has 0 saturated carbocycles. The third-order valence-corrected chi connectivity index (χ3v) is 2.10. The highest BCUT2D eigenvalue weighted by Gasteiger charge is 2.01. The van der Waals surface area contributed by atoms with Gasteiger partial charge in [-0.3, -0.25) is 0 Å². The first-order chi connectivity index (χ1) is 6.29. The fraction of sp³-hybridized carbons (Fsp3) is 0.333. The van der Waals surface area contributed by atoms with Crippen LogP contribution in [0.1, 0.15) is 11.4 Å². The number of thiol groups is 1. The summed E-state index contributed by atoms with van der Waals surface area (Å²) in [4.78, 5) is 4.37. The van der Waals surface area contributed by atoms with Crippen LogP contribution in [-0.2, 0) is 6.42 Å². The Bertz CT molecular complexity index is 422. The Kier molecular flexibility index (Phi) is 2.22. The van der Waals surface area contributed by atoms with Crippen LogP contribution in [-0.4, -0.2) is 20.4 Å². The molecule has 2 aromatic rings. The van der Waals surface area contributed by atoms with Gasteiger partial charge < -0.3 is 0 Å². The summed E-state index contributed by atoms with van der Waals surface area (Å²) in [6.07, 6.45) is 2.75. The van der Waals surface area contributed by atoms with Crippen molar-refractivity contribution in [3.8, 4) is 0 Å². The van der Waals surface area contributed by atoms with Gasteiger partial charge in [-0.15, -0.1) is 0 Å². The van der Waals surface area contributed by atoms with Gasteiger partial charge in [-0.05, 0) is 30.4 Å². The van der Waals surface area contributed by atoms with Crippen LogP contribution in [0.4, 0.5) is 0 Å². The minimum absolute atomic E-state index is 0.788. The number of nitrogens with zero attached hydrogens (tertiary/aromatic N) is 3. The lowest BCUT2D eigenvalue weighted by Gasteiger charge is -1.90. The minimum atomic E-state index is 0.788. The topological polar surface area (TPSA) is 30.2 Å². The third-order valence-electron chi connectivity index (χ3n) is 1.87. The first-order valence-electron chi connectivity index (χ1n) is 4.22. The van der Waals surface area contributed by atoms with Crippen molar-refractivity contribution < 1.29 is 0 Å². The fourth-order valence-corrected chi connectivity index (χ4v) is 1.44. The summed E-state index contributed by atoms with van der Waals surface area (Å²) in [6.45, 7) is 2.05. The maximum Gasteiger partial charge on any atom is 0.155 e. The van der Waals surface area contributed by atoms with E-state index in [0.29, 0.717) is 0 Å². The lowest BCUT2D eigenvalue weighted by molar-refractivity contribution is 0.889. The number of rotatable bonds is 2. The smallest absolute Gasteiger partial charge is 0.155 e. The first-order valence-corrected chi connectivity index (χ1v) is 4.85. The van der Waals surface area contributed by atoms with Crippen molar-refractivity contribution in [2.45, 2.75) is 13.3 Å². The largest absolute Gasteiger partial charge is 0.221 e. The van der Waals surface area contributed by atoms with E-state index in [2.05, 4.69) is 22.7 Å². The monoisotopic (exact) mass is 193 g/mol. The molecule has 0 radical (unpaired) electrons. The van der Waals surface area contributed by atoms with E-state index in [4.69, 9.17) is 0 Å². The molecule has 2 aromatic heterocycles. The molecule has 0 N–H and O–H groups in total. The summed E-state index contributed by atoms with van der Waals surface area (Å²) in [7, 11) is 0. The van der Waals surface area contributed by atoms with Gasteiger partial charge >= 0.3 is 0 Å². The maximum absolute atomic E-state index is 4.37. The van der Waals surface area contributed by atoms with Crippen molar-refractivity contribution in [1.29, 1.82) is 0 Å². The highest BCUT2D eigenvalue weighted by Crippen LogP contribution is 2.04. The number of fused-ring (bicyclic) bond motifs is 1. The second-order valence-corrected chi connectivity index (χ2v) is 3.46. The lowest BCUT2D eigenvalue weighted by atomic mass is 10.3. The standard InChI is InChI=1S/C9H11N3S/c1-7-2-4-12-9(6-7)10-8(11-12)3-5-13/h2,4,6,13H,3,5H2,1H3. The summed E-state index contributed by atoms with van der Waals surface area (Å²) < 4.78 is 1.80. The normalized spacial score (nSPS) is 10.9. The highest BCUT2D eigenvalue weighted by molar-refractivity contribution is 7.80. The predicted octanol–water partition coefficient (Wildman–Crippen LogP) is 1.51. The fourth-order valence-electron chi connectivity index (χ4n) is 1.24. The molecule has 0 fully saturated rings. The molecule has 0 aliphatic heterocycles. The third kappa shape index (κ3) is 1.67. The van der Waals surface area contributed by atoms with Crippen LogP contribution in [0.25, 0.3) is 5.65 Å². The van der Waals surface area contributed by atoms with E-state index in [-0.39, 0.29) is 0 Å². The van der Waals surface area contributed by atoms with Gasteiger partial charge in [0.15, 0.2) is 11.5 Å². The van der Waals surface area contributed by atoms with Crippen molar-refractivity contribution in [2.75, 3.05) is 5.75 Å². The highest BCUT2D eigenvalue weighted by atomic mass is 32.1. The van der Waals surface area contributed by atoms with Gasteiger partial charge in [0.05, 0.1) is 0 Å². The van der Waals surface area contributed by atoms with Crippen LogP contribution in [0, 0.1) is 6.92 Å². The Morgan fingerprint density at radius 3 is 3.15 bits per heavy atom. The van der Waals surface area contributed by atoms with Crippen LogP contribution in [0.3, 0.4) is 0 Å². The van der Waals surface area contributed by atoms with Crippen LogP contribution >= 0.6 is 12.6 Å². The molecule has 0 aliphatic carbocycles. The van der Waals surface area contributed by atoms with Gasteiger partial charge in [-0.2, -0.15) is 17.7 Å². The van der Waals surface area contributed by atoms with E-state index >= 15 is 0 Å². The quantitative estimate of drug-likeness (QED) is 0.733. The zero-order valence-electron chi connectivity index (χ0n) is 7.44. The predicted molar refractivity (Wildman–Crippen MR) is 55.3 cm³/mol. The molecule has 0 amide bonds. The molecular weight excluding hydrogens is 182 g/mol. The number of aryl methyl sites for hydroxylation is 2. The number of hydrogen-bond donors (Lipinski definition) is 1. The summed E-state index contributed by atoms with van der Waals surface area (Å²) >= 11 is 4.14. The molecule has 68 valence electrons. The van der Waals surface area contributed by atoms with Gasteiger partial charge in [0.2, 0.25) is 0 Å². The van der Waals surface area contributed by atoms with Crippen LogP contribution in [0.2, 0.25) is 0 Å². The summed E-state index contributed by atoms with van der Waals surface area (Å²) in [5.74, 6) is 1.65. The Labute approximate surface area is 82.2 Å². The Hall–Kier alpha value is -1.03. The van der Waals surface area contributed by atoms with E-state index in [9.17, 15) is 0 Å². The molecular formula is C9H11N3S. The molecule has 2 heterocycles. The van der Waals surface area contributed by atoms with Crippen molar-refractivity contribution in [3.05, 3.63) is 29.7 Å². The summed E-state index contributed by atoms with van der Waals surface area (Å²) in [5.41, 5.74) is 2.12. The molecule has 0 bridgehead atoms. The average molecular weight is 193 g/mol. The summed E-state index contributed by atoms with van der Waals surface area (Å²) in [5, 5.41) is 4.30. The molecule has 13 heavy (non-hydrogen) atoms.